The van der Waals surface area contributed by atoms with Gasteiger partial charge in [-0.2, -0.15) is 0 Å². The molecule has 0 saturated carbocycles. The summed E-state index contributed by atoms with van der Waals surface area (Å²) in [6.45, 7) is 4.69. The molecule has 65 heavy (non-hydrogen) atoms. The molecule has 0 radical (unpaired) electrons. The van der Waals surface area contributed by atoms with Gasteiger partial charge in [-0.25, -0.2) is 0 Å². The van der Waals surface area contributed by atoms with Crippen molar-refractivity contribution >= 4 is 38.9 Å². The molecular formula is C63H46N2. The van der Waals surface area contributed by atoms with Crippen LogP contribution in [0.15, 0.2) is 243 Å². The average Bonchev–Trinajstić information content (AvgIpc) is 3.82. The topological polar surface area (TPSA) is 8.17 Å². The maximum atomic E-state index is 2.45. The molecule has 0 N–H and O–H groups in total. The van der Waals surface area contributed by atoms with E-state index >= 15 is 0 Å². The summed E-state index contributed by atoms with van der Waals surface area (Å²) in [5.74, 6) is 0. The highest BCUT2D eigenvalue weighted by molar-refractivity contribution is 6.10. The normalized spacial score (nSPS) is 12.6. The van der Waals surface area contributed by atoms with Gasteiger partial charge in [0.2, 0.25) is 0 Å². The number of aromatic nitrogens is 1. The van der Waals surface area contributed by atoms with Crippen LogP contribution in [-0.2, 0) is 5.41 Å². The highest BCUT2D eigenvalue weighted by Crippen LogP contribution is 2.50. The monoisotopic (exact) mass is 830 g/mol. The number of hydrogen-bond donors (Lipinski definition) is 0. The number of rotatable bonds is 8. The molecule has 2 nitrogen and oxygen atoms in total. The fourth-order valence-electron chi connectivity index (χ4n) is 10.4. The van der Waals surface area contributed by atoms with Crippen LogP contribution in [0, 0.1) is 0 Å². The van der Waals surface area contributed by atoms with Crippen LogP contribution in [0.1, 0.15) is 25.0 Å². The van der Waals surface area contributed by atoms with Gasteiger partial charge in [0.25, 0.3) is 0 Å². The summed E-state index contributed by atoms with van der Waals surface area (Å²) < 4.78 is 2.45. The summed E-state index contributed by atoms with van der Waals surface area (Å²) in [7, 11) is 0. The van der Waals surface area contributed by atoms with Crippen LogP contribution < -0.4 is 4.90 Å². The predicted octanol–water partition coefficient (Wildman–Crippen LogP) is 17.2. The maximum Gasteiger partial charge on any atom is 0.0541 e. The van der Waals surface area contributed by atoms with Crippen molar-refractivity contribution in [1.82, 2.24) is 4.57 Å². The molecule has 0 amide bonds. The highest BCUT2D eigenvalue weighted by Gasteiger charge is 2.35. The molecule has 0 bridgehead atoms. The van der Waals surface area contributed by atoms with E-state index in [1.165, 1.54) is 83.1 Å². The molecule has 0 unspecified atom stereocenters. The Balaban J connectivity index is 0.950. The third-order valence-corrected chi connectivity index (χ3v) is 13.6. The van der Waals surface area contributed by atoms with Crippen molar-refractivity contribution in [1.29, 1.82) is 0 Å². The lowest BCUT2D eigenvalue weighted by Gasteiger charge is -2.28. The van der Waals surface area contributed by atoms with Crippen LogP contribution >= 0.6 is 0 Å². The van der Waals surface area contributed by atoms with Crippen molar-refractivity contribution in [2.24, 2.45) is 0 Å². The minimum Gasteiger partial charge on any atom is -0.310 e. The van der Waals surface area contributed by atoms with E-state index in [4.69, 9.17) is 0 Å². The smallest absolute Gasteiger partial charge is 0.0541 e. The minimum atomic E-state index is -0.0319. The number of fused-ring (bicyclic) bond motifs is 6. The van der Waals surface area contributed by atoms with E-state index in [0.29, 0.717) is 0 Å². The molecule has 1 aliphatic carbocycles. The maximum absolute atomic E-state index is 2.45. The van der Waals surface area contributed by atoms with Crippen LogP contribution in [0.2, 0.25) is 0 Å². The first-order chi connectivity index (χ1) is 32.0. The molecule has 2 heteroatoms. The Hall–Kier alpha value is -8.20. The molecule has 12 rings (SSSR count). The van der Waals surface area contributed by atoms with Gasteiger partial charge in [0.15, 0.2) is 0 Å². The first-order valence-corrected chi connectivity index (χ1v) is 22.6. The second-order valence-corrected chi connectivity index (χ2v) is 17.7. The molecule has 0 spiro atoms. The fraction of sp³-hybridized carbons (Fsp3) is 0.0476. The van der Waals surface area contributed by atoms with Crippen molar-refractivity contribution in [2.45, 2.75) is 19.3 Å². The molecule has 11 aromatic rings. The zero-order chi connectivity index (χ0) is 43.5. The Bertz CT molecular complexity index is 3460. The lowest BCUT2D eigenvalue weighted by molar-refractivity contribution is 0.660. The van der Waals surface area contributed by atoms with E-state index in [1.54, 1.807) is 0 Å². The van der Waals surface area contributed by atoms with Gasteiger partial charge in [-0.05, 0) is 128 Å². The molecule has 1 heterocycles. The van der Waals surface area contributed by atoms with Crippen molar-refractivity contribution in [2.75, 3.05) is 4.90 Å². The summed E-state index contributed by atoms with van der Waals surface area (Å²) in [5.41, 5.74) is 21.8. The third-order valence-electron chi connectivity index (χ3n) is 13.6. The second-order valence-electron chi connectivity index (χ2n) is 17.7. The summed E-state index contributed by atoms with van der Waals surface area (Å²) in [4.78, 5) is 2.39. The quantitative estimate of drug-likeness (QED) is 0.148. The molecule has 1 aromatic heterocycles. The van der Waals surface area contributed by atoms with E-state index in [-0.39, 0.29) is 5.41 Å². The van der Waals surface area contributed by atoms with Crippen LogP contribution in [0.25, 0.3) is 83.1 Å². The standard InChI is InChI=1S/C63H46N2/c1-63(2)58-25-12-9-23-54(58)56-42-52(37-38-59(56)63)65-61-27-14-11-24-55(61)57-41-48(32-39-62(57)65)47-20-15-21-49(40-47)53-22-10-13-26-60(53)64(50-33-28-45(29-34-50)43-16-5-3-6-17-43)51-35-30-46(31-36-51)44-18-7-4-8-19-44/h3-42H,1-2H3. The zero-order valence-electron chi connectivity index (χ0n) is 36.5. The SMILES string of the molecule is CC1(C)c2ccccc2-c2cc(-n3c4ccccc4c4cc(-c5cccc(-c6ccccc6N(c6ccc(-c7ccccc7)cc6)c6ccc(-c7ccccc7)cc6)c5)ccc43)ccc21. The van der Waals surface area contributed by atoms with Crippen molar-refractivity contribution < 1.29 is 0 Å². The van der Waals surface area contributed by atoms with Crippen LogP contribution in [-0.4, -0.2) is 4.57 Å². The number of anilines is 3. The molecule has 0 saturated heterocycles. The lowest BCUT2D eigenvalue weighted by atomic mass is 9.82. The molecule has 0 aliphatic heterocycles. The van der Waals surface area contributed by atoms with E-state index < -0.39 is 0 Å². The largest absolute Gasteiger partial charge is 0.310 e. The number of nitrogens with zero attached hydrogens (tertiary/aromatic N) is 2. The Morgan fingerprint density at radius 3 is 1.54 bits per heavy atom. The van der Waals surface area contributed by atoms with Gasteiger partial charge in [-0.15, -0.1) is 0 Å². The van der Waals surface area contributed by atoms with Crippen LogP contribution in [0.4, 0.5) is 17.1 Å². The third kappa shape index (κ3) is 6.57. The molecule has 0 fully saturated rings. The van der Waals surface area contributed by atoms with E-state index in [2.05, 4.69) is 266 Å². The summed E-state index contributed by atoms with van der Waals surface area (Å²) in [6.07, 6.45) is 0. The lowest BCUT2D eigenvalue weighted by Crippen LogP contribution is -2.14. The van der Waals surface area contributed by atoms with Gasteiger partial charge < -0.3 is 9.47 Å². The molecule has 10 aromatic carbocycles. The average molecular weight is 831 g/mol. The van der Waals surface area contributed by atoms with Crippen LogP contribution in [0.5, 0.6) is 0 Å². The zero-order valence-corrected chi connectivity index (χ0v) is 36.5. The summed E-state index contributed by atoms with van der Waals surface area (Å²) in [6, 6.07) is 88.8. The molecule has 308 valence electrons. The molecule has 0 atom stereocenters. The number of benzene rings is 10. The Morgan fingerprint density at radius 2 is 0.831 bits per heavy atom. The Kier molecular flexibility index (Phi) is 9.21. The predicted molar refractivity (Wildman–Crippen MR) is 275 cm³/mol. The van der Waals surface area contributed by atoms with Crippen molar-refractivity contribution in [3.8, 4) is 61.3 Å². The molecular weight excluding hydrogens is 785 g/mol. The van der Waals surface area contributed by atoms with Crippen molar-refractivity contribution in [3.63, 3.8) is 0 Å². The van der Waals surface area contributed by atoms with E-state index in [9.17, 15) is 0 Å². The van der Waals surface area contributed by atoms with Crippen molar-refractivity contribution in [3.05, 3.63) is 254 Å². The number of para-hydroxylation sites is 2. The minimum absolute atomic E-state index is 0.0319. The Labute approximate surface area is 381 Å². The van der Waals surface area contributed by atoms with E-state index in [1.807, 2.05) is 0 Å². The van der Waals surface area contributed by atoms with E-state index in [0.717, 1.165) is 28.2 Å². The van der Waals surface area contributed by atoms with Gasteiger partial charge in [0.05, 0.1) is 16.7 Å². The number of hydrogen-bond acceptors (Lipinski definition) is 1. The molecule has 1 aliphatic rings. The summed E-state index contributed by atoms with van der Waals surface area (Å²) >= 11 is 0. The van der Waals surface area contributed by atoms with Gasteiger partial charge in [0, 0.05) is 38.8 Å². The van der Waals surface area contributed by atoms with Crippen LogP contribution in [0.3, 0.4) is 0 Å². The first kappa shape index (κ1) is 38.5. The van der Waals surface area contributed by atoms with Gasteiger partial charge >= 0.3 is 0 Å². The fourth-order valence-corrected chi connectivity index (χ4v) is 10.4. The summed E-state index contributed by atoms with van der Waals surface area (Å²) in [5, 5.41) is 2.49. The van der Waals surface area contributed by atoms with Gasteiger partial charge in [-0.1, -0.05) is 190 Å². The second kappa shape index (κ2) is 15.6. The highest BCUT2D eigenvalue weighted by atomic mass is 15.1. The Morgan fingerprint density at radius 1 is 0.323 bits per heavy atom. The first-order valence-electron chi connectivity index (χ1n) is 22.6. The van der Waals surface area contributed by atoms with Gasteiger partial charge in [0.1, 0.15) is 0 Å². The van der Waals surface area contributed by atoms with Gasteiger partial charge in [-0.3, -0.25) is 0 Å².